The first-order valence-electron chi connectivity index (χ1n) is 21.1. The minimum atomic E-state index is -0.948. The van der Waals surface area contributed by atoms with Gasteiger partial charge < -0.3 is 14.9 Å². The summed E-state index contributed by atoms with van der Waals surface area (Å²) in [7, 11) is 2.08. The molecule has 3 saturated heterocycles. The summed E-state index contributed by atoms with van der Waals surface area (Å²) >= 11 is 6.29. The van der Waals surface area contributed by atoms with Crippen molar-refractivity contribution in [2.75, 3.05) is 49.6 Å². The van der Waals surface area contributed by atoms with Crippen molar-refractivity contribution < 1.29 is 24.3 Å². The summed E-state index contributed by atoms with van der Waals surface area (Å²) in [6.45, 7) is 6.61. The molecule has 14 heteroatoms. The zero-order valence-electron chi connectivity index (χ0n) is 33.4. The predicted molar refractivity (Wildman–Crippen MR) is 223 cm³/mol. The van der Waals surface area contributed by atoms with Crippen LogP contribution < -0.4 is 20.4 Å². The van der Waals surface area contributed by atoms with Crippen LogP contribution in [0.15, 0.2) is 54.6 Å². The molecule has 308 valence electrons. The number of rotatable bonds is 10. The number of nitrogens with zero attached hydrogens (tertiary/aromatic N) is 6. The molecule has 0 radical (unpaired) electrons. The maximum atomic E-state index is 13.3. The standard InChI is InChI=1S/C45H51ClN8O5/c1-50(36-9-4-29(21-47)39(46)20-36)33-10-5-32(6-11-33)48-42(56)28-2-7-34(8-3-28)52-16-14-35(15-17-52)53-23-27(24-53)22-51-25-30-18-37-38(19-31(30)26-51)45(59)54(44(37)58)40-12-13-41(55)49-43(40)57/h2-4,7-9,18-20,27,32-33,35,40,42,48,56H,5-6,10-17,22-26H2,1H3,(H,49,55,57). The maximum absolute atomic E-state index is 13.3. The van der Waals surface area contributed by atoms with Gasteiger partial charge in [-0.2, -0.15) is 5.26 Å². The fourth-order valence-corrected chi connectivity index (χ4v) is 10.5. The lowest BCUT2D eigenvalue weighted by Crippen LogP contribution is -2.57. The first-order valence-corrected chi connectivity index (χ1v) is 21.5. The van der Waals surface area contributed by atoms with E-state index in [2.05, 4.69) is 55.5 Å². The van der Waals surface area contributed by atoms with Crippen LogP contribution in [0, 0.1) is 17.2 Å². The van der Waals surface area contributed by atoms with E-state index in [1.54, 1.807) is 6.07 Å². The Morgan fingerprint density at radius 3 is 2.17 bits per heavy atom. The highest BCUT2D eigenvalue weighted by Crippen LogP contribution is 2.36. The van der Waals surface area contributed by atoms with Crippen LogP contribution in [-0.2, 0) is 22.7 Å². The van der Waals surface area contributed by atoms with E-state index in [9.17, 15) is 29.5 Å². The zero-order chi connectivity index (χ0) is 40.9. The van der Waals surface area contributed by atoms with Crippen molar-refractivity contribution >= 4 is 46.6 Å². The Labute approximate surface area is 349 Å². The summed E-state index contributed by atoms with van der Waals surface area (Å²) < 4.78 is 0. The highest BCUT2D eigenvalue weighted by Gasteiger charge is 2.46. The van der Waals surface area contributed by atoms with Crippen LogP contribution in [0.2, 0.25) is 5.02 Å². The predicted octanol–water partition coefficient (Wildman–Crippen LogP) is 4.56. The molecule has 0 bridgehead atoms. The Morgan fingerprint density at radius 1 is 0.898 bits per heavy atom. The maximum Gasteiger partial charge on any atom is 0.262 e. The number of amides is 4. The lowest BCUT2D eigenvalue weighted by atomic mass is 9.89. The van der Waals surface area contributed by atoms with Gasteiger partial charge in [0.2, 0.25) is 11.8 Å². The fourth-order valence-electron chi connectivity index (χ4n) is 10.3. The summed E-state index contributed by atoms with van der Waals surface area (Å²) in [6, 6.07) is 20.0. The number of hydrogen-bond donors (Lipinski definition) is 3. The number of nitrogens with one attached hydrogen (secondary N) is 2. The van der Waals surface area contributed by atoms with E-state index in [-0.39, 0.29) is 24.8 Å². The monoisotopic (exact) mass is 818 g/mol. The van der Waals surface area contributed by atoms with Crippen molar-refractivity contribution in [3.63, 3.8) is 0 Å². The van der Waals surface area contributed by atoms with Gasteiger partial charge in [0.05, 0.1) is 21.7 Å². The van der Waals surface area contributed by atoms with Crippen LogP contribution in [0.5, 0.6) is 0 Å². The number of hydrogen-bond acceptors (Lipinski definition) is 11. The first-order chi connectivity index (χ1) is 28.5. The minimum absolute atomic E-state index is 0.108. The third-order valence-corrected chi connectivity index (χ3v) is 14.0. The zero-order valence-corrected chi connectivity index (χ0v) is 34.2. The number of imide groups is 2. The second-order valence-corrected chi connectivity index (χ2v) is 17.8. The van der Waals surface area contributed by atoms with Crippen LogP contribution in [0.1, 0.15) is 101 Å². The minimum Gasteiger partial charge on any atom is -0.374 e. The average Bonchev–Trinajstić information content (AvgIpc) is 3.74. The number of aliphatic hydroxyl groups excluding tert-OH is 1. The number of carbonyl (C=O) groups is 4. The largest absolute Gasteiger partial charge is 0.374 e. The Morgan fingerprint density at radius 2 is 1.56 bits per heavy atom. The molecule has 5 heterocycles. The van der Waals surface area contributed by atoms with Crippen molar-refractivity contribution in [3.05, 3.63) is 93.0 Å². The second kappa shape index (κ2) is 16.3. The summed E-state index contributed by atoms with van der Waals surface area (Å²) in [5, 5.41) is 26.5. The van der Waals surface area contributed by atoms with Crippen LogP contribution in [0.3, 0.4) is 0 Å². The molecular weight excluding hydrogens is 768 g/mol. The molecule has 3 aromatic rings. The molecule has 3 aromatic carbocycles. The molecule has 6 aliphatic rings. The van der Waals surface area contributed by atoms with Gasteiger partial charge in [-0.05, 0) is 110 Å². The molecule has 5 aliphatic heterocycles. The molecule has 2 atom stereocenters. The molecule has 1 saturated carbocycles. The van der Waals surface area contributed by atoms with Gasteiger partial charge in [0, 0.05) is 88.8 Å². The van der Waals surface area contributed by atoms with Gasteiger partial charge in [0.15, 0.2) is 0 Å². The molecule has 4 amide bonds. The Bertz CT molecular complexity index is 2140. The van der Waals surface area contributed by atoms with E-state index < -0.39 is 30.0 Å². The first kappa shape index (κ1) is 39.6. The third-order valence-electron chi connectivity index (χ3n) is 13.7. The molecule has 13 nitrogen and oxygen atoms in total. The van der Waals surface area contributed by atoms with Gasteiger partial charge in [0.25, 0.3) is 11.8 Å². The van der Waals surface area contributed by atoms with E-state index in [4.69, 9.17) is 11.6 Å². The van der Waals surface area contributed by atoms with Crippen LogP contribution in [0.25, 0.3) is 0 Å². The normalized spacial score (nSPS) is 24.7. The van der Waals surface area contributed by atoms with Crippen molar-refractivity contribution in [2.45, 2.75) is 94.9 Å². The molecule has 4 fully saturated rings. The van der Waals surface area contributed by atoms with E-state index in [1.165, 1.54) is 5.69 Å². The van der Waals surface area contributed by atoms with Gasteiger partial charge in [-0.25, -0.2) is 0 Å². The number of carbonyl (C=O) groups excluding carboxylic acids is 4. The van der Waals surface area contributed by atoms with Crippen molar-refractivity contribution in [3.8, 4) is 6.07 Å². The Hall–Kier alpha value is -4.84. The number of anilines is 2. The number of halogens is 1. The van der Waals surface area contributed by atoms with Crippen LogP contribution >= 0.6 is 11.6 Å². The Balaban J connectivity index is 0.691. The Kier molecular flexibility index (Phi) is 11.0. The van der Waals surface area contributed by atoms with Crippen molar-refractivity contribution in [1.29, 1.82) is 5.26 Å². The van der Waals surface area contributed by atoms with Gasteiger partial charge in [-0.1, -0.05) is 23.7 Å². The van der Waals surface area contributed by atoms with Crippen molar-refractivity contribution in [1.82, 2.24) is 25.3 Å². The molecule has 0 spiro atoms. The fraction of sp³-hybridized carbons (Fsp3) is 0.489. The molecule has 1 aliphatic carbocycles. The topological polar surface area (TPSA) is 153 Å². The number of aliphatic hydroxyl groups is 1. The SMILES string of the molecule is CN(c1ccc(C#N)c(Cl)c1)C1CCC(NC(O)c2ccc(N3CCC(N4CC(CN5Cc6cc7c(cc6C5)C(=O)N(C5CCC(=O)NC5=O)C7=O)C4)CC3)cc2)CC1. The summed E-state index contributed by atoms with van der Waals surface area (Å²) in [6.07, 6.45) is 5.73. The summed E-state index contributed by atoms with van der Waals surface area (Å²) in [5.74, 6) is -1.29. The smallest absolute Gasteiger partial charge is 0.262 e. The number of fused-ring (bicyclic) bond motifs is 2. The quantitative estimate of drug-likeness (QED) is 0.195. The number of piperidine rings is 2. The van der Waals surface area contributed by atoms with Gasteiger partial charge in [-0.3, -0.25) is 44.5 Å². The van der Waals surface area contributed by atoms with E-state index in [0.29, 0.717) is 39.7 Å². The lowest BCUT2D eigenvalue weighted by molar-refractivity contribution is -0.136. The van der Waals surface area contributed by atoms with Crippen molar-refractivity contribution in [2.24, 2.45) is 5.92 Å². The highest BCUT2D eigenvalue weighted by molar-refractivity contribution is 6.32. The molecule has 9 rings (SSSR count). The third kappa shape index (κ3) is 7.85. The summed E-state index contributed by atoms with van der Waals surface area (Å²) in [5.41, 5.74) is 6.41. The molecule has 0 aromatic heterocycles. The summed E-state index contributed by atoms with van der Waals surface area (Å²) in [4.78, 5) is 61.4. The van der Waals surface area contributed by atoms with Gasteiger partial charge in [-0.15, -0.1) is 0 Å². The second-order valence-electron chi connectivity index (χ2n) is 17.4. The van der Waals surface area contributed by atoms with Crippen LogP contribution in [-0.4, -0.2) is 107 Å². The molecular formula is C45H51ClN8O5. The molecule has 2 unspecified atom stereocenters. The molecule has 59 heavy (non-hydrogen) atoms. The van der Waals surface area contributed by atoms with Crippen LogP contribution in [0.4, 0.5) is 11.4 Å². The van der Waals surface area contributed by atoms with Gasteiger partial charge >= 0.3 is 0 Å². The average molecular weight is 819 g/mol. The van der Waals surface area contributed by atoms with E-state index in [0.717, 1.165) is 112 Å². The van der Waals surface area contributed by atoms with E-state index >= 15 is 0 Å². The number of benzene rings is 3. The number of nitriles is 1. The highest BCUT2D eigenvalue weighted by atomic mass is 35.5. The number of likely N-dealkylation sites (tertiary alicyclic amines) is 1. The molecule has 3 N–H and O–H groups in total. The van der Waals surface area contributed by atoms with E-state index in [1.807, 2.05) is 36.4 Å². The van der Waals surface area contributed by atoms with Gasteiger partial charge in [0.1, 0.15) is 18.3 Å². The lowest BCUT2D eigenvalue weighted by Gasteiger charge is -2.48.